The Morgan fingerprint density at radius 1 is 0.923 bits per heavy atom. The van der Waals surface area contributed by atoms with Gasteiger partial charge in [0.05, 0.1) is 5.69 Å². The van der Waals surface area contributed by atoms with E-state index in [0.717, 1.165) is 30.9 Å². The molecule has 0 unspecified atom stereocenters. The summed E-state index contributed by atoms with van der Waals surface area (Å²) in [5.74, 6) is 1.03. The third-order valence-electron chi connectivity index (χ3n) is 4.75. The zero-order valence-electron chi connectivity index (χ0n) is 15.0. The minimum absolute atomic E-state index is 0.928. The molecule has 0 radical (unpaired) electrons. The topological polar surface area (TPSA) is 28.2 Å². The molecule has 1 aliphatic rings. The van der Waals surface area contributed by atoms with Crippen LogP contribution in [0.3, 0.4) is 0 Å². The lowest BCUT2D eigenvalue weighted by atomic mass is 9.95. The maximum atomic E-state index is 4.73. The maximum Gasteiger partial charge on any atom is 0.140 e. The lowest BCUT2D eigenvalue weighted by Gasteiger charge is -2.26. The molecular formula is C23H23N3. The van der Waals surface area contributed by atoms with Crippen LogP contribution in [-0.2, 0) is 0 Å². The Hall–Kier alpha value is -2.91. The fraction of sp³-hybridized carbons (Fsp3) is 0.174. The molecule has 0 bridgehead atoms. The SMILES string of the molecule is CNCCCN1c2ccccc2C(c2ccccc2)=Cc2cccnc21. The monoisotopic (exact) mass is 341 g/mol. The number of aromatic nitrogens is 1. The smallest absolute Gasteiger partial charge is 0.140 e. The Kier molecular flexibility index (Phi) is 4.80. The minimum Gasteiger partial charge on any atom is -0.325 e. The predicted molar refractivity (Wildman–Crippen MR) is 110 cm³/mol. The van der Waals surface area contributed by atoms with Crippen LogP contribution < -0.4 is 10.2 Å². The van der Waals surface area contributed by atoms with Gasteiger partial charge in [0.25, 0.3) is 0 Å². The summed E-state index contributed by atoms with van der Waals surface area (Å²) < 4.78 is 0. The van der Waals surface area contributed by atoms with Crippen molar-refractivity contribution < 1.29 is 0 Å². The first-order chi connectivity index (χ1) is 12.9. The van der Waals surface area contributed by atoms with Crippen molar-refractivity contribution >= 4 is 23.2 Å². The number of hydrogen-bond acceptors (Lipinski definition) is 3. The Labute approximate surface area is 155 Å². The minimum atomic E-state index is 0.928. The first kappa shape index (κ1) is 16.6. The molecule has 1 aromatic heterocycles. The standard InChI is InChI=1S/C23H23N3/c1-24-14-8-16-26-22-13-6-5-12-20(22)21(18-9-3-2-4-10-18)17-19-11-7-15-25-23(19)26/h2-7,9-13,15,17,24H,8,14,16H2,1H3. The highest BCUT2D eigenvalue weighted by Crippen LogP contribution is 2.40. The van der Waals surface area contributed by atoms with Gasteiger partial charge in [-0.3, -0.25) is 0 Å². The second-order valence-corrected chi connectivity index (χ2v) is 6.47. The molecule has 0 spiro atoms. The van der Waals surface area contributed by atoms with Crippen LogP contribution in [0, 0.1) is 0 Å². The van der Waals surface area contributed by atoms with Gasteiger partial charge in [0.15, 0.2) is 0 Å². The van der Waals surface area contributed by atoms with Gasteiger partial charge >= 0.3 is 0 Å². The molecule has 1 aliphatic heterocycles. The van der Waals surface area contributed by atoms with Gasteiger partial charge in [0.2, 0.25) is 0 Å². The summed E-state index contributed by atoms with van der Waals surface area (Å²) in [6.07, 6.45) is 5.21. The molecule has 130 valence electrons. The van der Waals surface area contributed by atoms with Crippen molar-refractivity contribution in [3.8, 4) is 0 Å². The third-order valence-corrected chi connectivity index (χ3v) is 4.75. The lowest BCUT2D eigenvalue weighted by molar-refractivity contribution is 0.720. The van der Waals surface area contributed by atoms with Crippen molar-refractivity contribution in [3.05, 3.63) is 89.6 Å². The van der Waals surface area contributed by atoms with Crippen molar-refractivity contribution in [1.82, 2.24) is 10.3 Å². The molecule has 0 fully saturated rings. The predicted octanol–water partition coefficient (Wildman–Crippen LogP) is 4.73. The summed E-state index contributed by atoms with van der Waals surface area (Å²) in [6, 6.07) is 23.4. The van der Waals surface area contributed by atoms with E-state index in [4.69, 9.17) is 4.98 Å². The van der Waals surface area contributed by atoms with Crippen molar-refractivity contribution in [3.63, 3.8) is 0 Å². The van der Waals surface area contributed by atoms with Gasteiger partial charge in [-0.05, 0) is 55.4 Å². The second-order valence-electron chi connectivity index (χ2n) is 6.47. The van der Waals surface area contributed by atoms with Crippen LogP contribution in [0.1, 0.15) is 23.1 Å². The van der Waals surface area contributed by atoms with Crippen LogP contribution in [0.15, 0.2) is 72.9 Å². The normalized spacial score (nSPS) is 12.8. The molecule has 0 saturated heterocycles. The zero-order valence-corrected chi connectivity index (χ0v) is 15.0. The number of nitrogens with zero attached hydrogens (tertiary/aromatic N) is 2. The summed E-state index contributed by atoms with van der Waals surface area (Å²) in [6.45, 7) is 1.91. The van der Waals surface area contributed by atoms with Gasteiger partial charge in [0.1, 0.15) is 5.82 Å². The van der Waals surface area contributed by atoms with E-state index in [1.54, 1.807) is 0 Å². The quantitative estimate of drug-likeness (QED) is 0.680. The fourth-order valence-corrected chi connectivity index (χ4v) is 3.53. The highest BCUT2D eigenvalue weighted by atomic mass is 15.2. The van der Waals surface area contributed by atoms with Crippen molar-refractivity contribution in [1.29, 1.82) is 0 Å². The van der Waals surface area contributed by atoms with Crippen molar-refractivity contribution in [2.75, 3.05) is 25.0 Å². The van der Waals surface area contributed by atoms with E-state index >= 15 is 0 Å². The summed E-state index contributed by atoms with van der Waals surface area (Å²) in [4.78, 5) is 7.08. The Morgan fingerprint density at radius 3 is 2.58 bits per heavy atom. The number of fused-ring (bicyclic) bond motifs is 2. The first-order valence-electron chi connectivity index (χ1n) is 9.12. The van der Waals surface area contributed by atoms with Crippen molar-refractivity contribution in [2.24, 2.45) is 0 Å². The second kappa shape index (κ2) is 7.54. The summed E-state index contributed by atoms with van der Waals surface area (Å²) in [5, 5.41) is 3.25. The van der Waals surface area contributed by atoms with Crippen LogP contribution >= 0.6 is 0 Å². The number of benzene rings is 2. The highest BCUT2D eigenvalue weighted by molar-refractivity contribution is 6.00. The molecule has 1 N–H and O–H groups in total. The van der Waals surface area contributed by atoms with Gasteiger partial charge in [-0.1, -0.05) is 48.5 Å². The van der Waals surface area contributed by atoms with Crippen LogP contribution in [0.4, 0.5) is 11.5 Å². The van der Waals surface area contributed by atoms with Crippen molar-refractivity contribution in [2.45, 2.75) is 6.42 Å². The number of rotatable bonds is 5. The van der Waals surface area contributed by atoms with Crippen LogP contribution in [0.5, 0.6) is 0 Å². The van der Waals surface area contributed by atoms with Gasteiger partial charge in [-0.15, -0.1) is 0 Å². The number of para-hydroxylation sites is 1. The van der Waals surface area contributed by atoms with Gasteiger partial charge in [0, 0.05) is 23.9 Å². The molecule has 2 aromatic carbocycles. The van der Waals surface area contributed by atoms with Gasteiger partial charge < -0.3 is 10.2 Å². The molecule has 2 heterocycles. The molecular weight excluding hydrogens is 318 g/mol. The average Bonchev–Trinajstić information content (AvgIpc) is 2.84. The Bertz CT molecular complexity index is 916. The van der Waals surface area contributed by atoms with Gasteiger partial charge in [-0.25, -0.2) is 4.98 Å². The third kappa shape index (κ3) is 3.14. The first-order valence-corrected chi connectivity index (χ1v) is 9.12. The van der Waals surface area contributed by atoms with E-state index in [1.165, 1.54) is 22.4 Å². The van der Waals surface area contributed by atoms with E-state index in [0.29, 0.717) is 0 Å². The molecule has 4 rings (SSSR count). The molecule has 3 aromatic rings. The van der Waals surface area contributed by atoms with Crippen LogP contribution in [-0.4, -0.2) is 25.1 Å². The van der Waals surface area contributed by atoms with E-state index in [2.05, 4.69) is 77.0 Å². The molecule has 0 atom stereocenters. The number of nitrogens with one attached hydrogen (secondary N) is 1. The summed E-state index contributed by atoms with van der Waals surface area (Å²) in [5.41, 5.74) is 6.10. The van der Waals surface area contributed by atoms with Gasteiger partial charge in [-0.2, -0.15) is 0 Å². The fourth-order valence-electron chi connectivity index (χ4n) is 3.53. The maximum absolute atomic E-state index is 4.73. The average molecular weight is 341 g/mol. The van der Waals surface area contributed by atoms with E-state index in [-0.39, 0.29) is 0 Å². The molecule has 3 nitrogen and oxygen atoms in total. The molecule has 0 aliphatic carbocycles. The summed E-state index contributed by atoms with van der Waals surface area (Å²) >= 11 is 0. The lowest BCUT2D eigenvalue weighted by Crippen LogP contribution is -2.24. The highest BCUT2D eigenvalue weighted by Gasteiger charge is 2.22. The van der Waals surface area contributed by atoms with E-state index in [1.807, 2.05) is 19.3 Å². The zero-order chi connectivity index (χ0) is 17.8. The number of anilines is 2. The summed E-state index contributed by atoms with van der Waals surface area (Å²) in [7, 11) is 2.00. The molecule has 0 amide bonds. The van der Waals surface area contributed by atoms with Crippen LogP contribution in [0.2, 0.25) is 0 Å². The molecule has 0 saturated carbocycles. The van der Waals surface area contributed by atoms with E-state index in [9.17, 15) is 0 Å². The molecule has 26 heavy (non-hydrogen) atoms. The number of hydrogen-bond donors (Lipinski definition) is 1. The molecule has 3 heteroatoms. The Morgan fingerprint density at radius 2 is 1.73 bits per heavy atom. The van der Waals surface area contributed by atoms with Crippen LogP contribution in [0.25, 0.3) is 11.6 Å². The number of pyridine rings is 1. The van der Waals surface area contributed by atoms with E-state index < -0.39 is 0 Å². The largest absolute Gasteiger partial charge is 0.325 e. The Balaban J connectivity index is 1.90.